The van der Waals surface area contributed by atoms with Crippen LogP contribution >= 0.6 is 27.5 Å². The summed E-state index contributed by atoms with van der Waals surface area (Å²) >= 11 is 9.22. The lowest BCUT2D eigenvalue weighted by molar-refractivity contribution is -0.120. The smallest absolute Gasteiger partial charge is 0.343 e. The molecule has 33 heavy (non-hydrogen) atoms. The standard InChI is InChI=1S/C24H19BrClN3O4/c1-15-5-2-3-8-20(15)24(32)33-21-10-9-18(25)11-17(21)13-28-29-22(30)14-27-23(31)16-6-4-7-19(26)12-16/h2-13H,14H2,1H3,(H,27,31)(H,29,30)/b28-13-. The zero-order chi connectivity index (χ0) is 23.8. The molecular formula is C24H19BrClN3O4. The Morgan fingerprint density at radius 1 is 1.06 bits per heavy atom. The zero-order valence-corrected chi connectivity index (χ0v) is 19.8. The third-order valence-corrected chi connectivity index (χ3v) is 5.16. The van der Waals surface area contributed by atoms with Crippen molar-refractivity contribution in [3.63, 3.8) is 0 Å². The summed E-state index contributed by atoms with van der Waals surface area (Å²) in [6.45, 7) is 1.54. The fraction of sp³-hybridized carbons (Fsp3) is 0.0833. The lowest BCUT2D eigenvalue weighted by atomic mass is 10.1. The summed E-state index contributed by atoms with van der Waals surface area (Å²) in [4.78, 5) is 36.7. The fourth-order valence-electron chi connectivity index (χ4n) is 2.78. The van der Waals surface area contributed by atoms with E-state index >= 15 is 0 Å². The van der Waals surface area contributed by atoms with Crippen LogP contribution in [0.25, 0.3) is 0 Å². The molecule has 0 radical (unpaired) electrons. The van der Waals surface area contributed by atoms with Gasteiger partial charge in [0.1, 0.15) is 5.75 Å². The van der Waals surface area contributed by atoms with Gasteiger partial charge >= 0.3 is 5.97 Å². The van der Waals surface area contributed by atoms with E-state index in [1.165, 1.54) is 12.3 Å². The van der Waals surface area contributed by atoms with Crippen LogP contribution in [0.4, 0.5) is 0 Å². The van der Waals surface area contributed by atoms with E-state index < -0.39 is 17.8 Å². The summed E-state index contributed by atoms with van der Waals surface area (Å²) in [6, 6.07) is 18.5. The molecule has 0 heterocycles. The van der Waals surface area contributed by atoms with Crippen molar-refractivity contribution < 1.29 is 19.1 Å². The van der Waals surface area contributed by atoms with E-state index in [-0.39, 0.29) is 12.3 Å². The highest BCUT2D eigenvalue weighted by atomic mass is 79.9. The number of esters is 1. The van der Waals surface area contributed by atoms with Crippen LogP contribution in [0.1, 0.15) is 31.8 Å². The molecule has 3 aromatic rings. The van der Waals surface area contributed by atoms with Gasteiger partial charge in [-0.25, -0.2) is 10.2 Å². The Labute approximate surface area is 203 Å². The molecule has 0 fully saturated rings. The Morgan fingerprint density at radius 2 is 1.85 bits per heavy atom. The molecule has 0 aliphatic carbocycles. The first-order valence-electron chi connectivity index (χ1n) is 9.76. The number of aryl methyl sites for hydroxylation is 1. The molecule has 3 aromatic carbocycles. The molecule has 0 bridgehead atoms. The van der Waals surface area contributed by atoms with Crippen LogP contribution in [0.5, 0.6) is 5.75 Å². The lowest BCUT2D eigenvalue weighted by Crippen LogP contribution is -2.34. The van der Waals surface area contributed by atoms with Gasteiger partial charge in [0.2, 0.25) is 0 Å². The minimum atomic E-state index is -0.532. The second-order valence-electron chi connectivity index (χ2n) is 6.87. The number of hydrogen-bond acceptors (Lipinski definition) is 5. The van der Waals surface area contributed by atoms with E-state index in [9.17, 15) is 14.4 Å². The van der Waals surface area contributed by atoms with Gasteiger partial charge in [0.25, 0.3) is 11.8 Å². The number of nitrogens with one attached hydrogen (secondary N) is 2. The highest BCUT2D eigenvalue weighted by molar-refractivity contribution is 9.10. The van der Waals surface area contributed by atoms with E-state index in [1.807, 2.05) is 19.1 Å². The summed E-state index contributed by atoms with van der Waals surface area (Å²) in [5.41, 5.74) is 4.38. The van der Waals surface area contributed by atoms with Gasteiger partial charge in [0.15, 0.2) is 0 Å². The molecule has 0 saturated carbocycles. The van der Waals surface area contributed by atoms with Gasteiger partial charge in [-0.15, -0.1) is 0 Å². The van der Waals surface area contributed by atoms with Gasteiger partial charge in [0.05, 0.1) is 18.3 Å². The van der Waals surface area contributed by atoms with Crippen molar-refractivity contribution in [3.8, 4) is 5.75 Å². The molecule has 0 unspecified atom stereocenters. The number of carbonyl (C=O) groups excluding carboxylic acids is 3. The van der Waals surface area contributed by atoms with E-state index in [2.05, 4.69) is 31.8 Å². The number of hydrazone groups is 1. The van der Waals surface area contributed by atoms with Gasteiger partial charge in [-0.2, -0.15) is 5.10 Å². The number of rotatable bonds is 7. The summed E-state index contributed by atoms with van der Waals surface area (Å²) in [5.74, 6) is -1.19. The molecule has 168 valence electrons. The van der Waals surface area contributed by atoms with Crippen LogP contribution in [0.15, 0.2) is 76.3 Å². The Kier molecular flexibility index (Phi) is 8.34. The van der Waals surface area contributed by atoms with Gasteiger partial charge in [-0.05, 0) is 55.0 Å². The maximum absolute atomic E-state index is 12.5. The highest BCUT2D eigenvalue weighted by Gasteiger charge is 2.13. The fourth-order valence-corrected chi connectivity index (χ4v) is 3.34. The van der Waals surface area contributed by atoms with Crippen molar-refractivity contribution in [2.24, 2.45) is 5.10 Å². The molecule has 2 amide bonds. The second kappa shape index (κ2) is 11.4. The van der Waals surface area contributed by atoms with Crippen molar-refractivity contribution in [1.82, 2.24) is 10.7 Å². The lowest BCUT2D eigenvalue weighted by Gasteiger charge is -2.09. The maximum Gasteiger partial charge on any atom is 0.343 e. The first-order valence-corrected chi connectivity index (χ1v) is 10.9. The van der Waals surface area contributed by atoms with Crippen molar-refractivity contribution >= 4 is 51.5 Å². The van der Waals surface area contributed by atoms with Gasteiger partial charge in [-0.1, -0.05) is 51.8 Å². The number of halogens is 2. The summed E-state index contributed by atoms with van der Waals surface area (Å²) < 4.78 is 6.27. The van der Waals surface area contributed by atoms with Crippen LogP contribution in [0, 0.1) is 6.92 Å². The molecule has 0 spiro atoms. The van der Waals surface area contributed by atoms with Crippen LogP contribution in [-0.2, 0) is 4.79 Å². The Bertz CT molecular complexity index is 1230. The molecule has 9 heteroatoms. The molecular weight excluding hydrogens is 510 g/mol. The Balaban J connectivity index is 1.60. The number of hydrogen-bond donors (Lipinski definition) is 2. The van der Waals surface area contributed by atoms with Crippen molar-refractivity contribution in [2.45, 2.75) is 6.92 Å². The van der Waals surface area contributed by atoms with Crippen molar-refractivity contribution in [3.05, 3.63) is 98.5 Å². The van der Waals surface area contributed by atoms with Crippen molar-refractivity contribution in [1.29, 1.82) is 0 Å². The van der Waals surface area contributed by atoms with Gasteiger partial charge in [0, 0.05) is 20.6 Å². The monoisotopic (exact) mass is 527 g/mol. The molecule has 0 aliphatic rings. The molecule has 0 aromatic heterocycles. The van der Waals surface area contributed by atoms with Crippen LogP contribution in [0.3, 0.4) is 0 Å². The molecule has 3 rings (SSSR count). The van der Waals surface area contributed by atoms with Crippen LogP contribution in [0.2, 0.25) is 5.02 Å². The van der Waals surface area contributed by atoms with E-state index in [4.69, 9.17) is 16.3 Å². The zero-order valence-electron chi connectivity index (χ0n) is 17.5. The minimum absolute atomic E-state index is 0.277. The molecule has 2 N–H and O–H groups in total. The van der Waals surface area contributed by atoms with E-state index in [0.29, 0.717) is 21.7 Å². The Hall–Kier alpha value is -3.49. The molecule has 0 aliphatic heterocycles. The number of ether oxygens (including phenoxy) is 1. The molecule has 0 atom stereocenters. The third-order valence-electron chi connectivity index (χ3n) is 4.43. The number of amides is 2. The second-order valence-corrected chi connectivity index (χ2v) is 8.22. The SMILES string of the molecule is Cc1ccccc1C(=O)Oc1ccc(Br)cc1/C=N\NC(=O)CNC(=O)c1cccc(Cl)c1. The third kappa shape index (κ3) is 7.00. The quantitative estimate of drug-likeness (QED) is 0.204. The van der Waals surface area contributed by atoms with Crippen LogP contribution < -0.4 is 15.5 Å². The predicted octanol–water partition coefficient (Wildman–Crippen LogP) is 4.51. The Morgan fingerprint density at radius 3 is 2.61 bits per heavy atom. The van der Waals surface area contributed by atoms with Gasteiger partial charge < -0.3 is 10.1 Å². The minimum Gasteiger partial charge on any atom is -0.422 e. The molecule has 0 saturated heterocycles. The summed E-state index contributed by atoms with van der Waals surface area (Å²) in [7, 11) is 0. The first-order chi connectivity index (χ1) is 15.8. The number of carbonyl (C=O) groups is 3. The topological polar surface area (TPSA) is 96.9 Å². The largest absolute Gasteiger partial charge is 0.422 e. The molecule has 7 nitrogen and oxygen atoms in total. The normalized spacial score (nSPS) is 10.6. The number of nitrogens with zero attached hydrogens (tertiary/aromatic N) is 1. The summed E-state index contributed by atoms with van der Waals surface area (Å²) in [6.07, 6.45) is 1.35. The predicted molar refractivity (Wildman–Crippen MR) is 130 cm³/mol. The van der Waals surface area contributed by atoms with Gasteiger partial charge in [-0.3, -0.25) is 9.59 Å². The van der Waals surface area contributed by atoms with E-state index in [1.54, 1.807) is 48.5 Å². The number of benzene rings is 3. The average molecular weight is 529 g/mol. The highest BCUT2D eigenvalue weighted by Crippen LogP contribution is 2.23. The van der Waals surface area contributed by atoms with Crippen molar-refractivity contribution in [2.75, 3.05) is 6.54 Å². The average Bonchev–Trinajstić information content (AvgIpc) is 2.79. The first kappa shape index (κ1) is 24.2. The summed E-state index contributed by atoms with van der Waals surface area (Å²) in [5, 5.41) is 6.80. The van der Waals surface area contributed by atoms with Crippen LogP contribution in [-0.4, -0.2) is 30.5 Å². The maximum atomic E-state index is 12.5. The van der Waals surface area contributed by atoms with E-state index in [0.717, 1.165) is 10.0 Å².